The maximum absolute atomic E-state index is 5.89. The van der Waals surface area contributed by atoms with Crippen LogP contribution in [0.2, 0.25) is 5.15 Å². The third-order valence-corrected chi connectivity index (χ3v) is 3.46. The number of pyridine rings is 1. The van der Waals surface area contributed by atoms with Crippen molar-refractivity contribution in [2.75, 3.05) is 33.2 Å². The summed E-state index contributed by atoms with van der Waals surface area (Å²) < 4.78 is 0. The van der Waals surface area contributed by atoms with Crippen LogP contribution in [-0.4, -0.2) is 54.1 Å². The molecule has 2 N–H and O–H groups in total. The van der Waals surface area contributed by atoms with Gasteiger partial charge in [0.15, 0.2) is 0 Å². The summed E-state index contributed by atoms with van der Waals surface area (Å²) in [5.74, 6) is 0. The number of halogens is 1. The van der Waals surface area contributed by atoms with Gasteiger partial charge in [0, 0.05) is 45.0 Å². The van der Waals surface area contributed by atoms with Crippen LogP contribution in [0.5, 0.6) is 0 Å². The van der Waals surface area contributed by atoms with Crippen molar-refractivity contribution in [2.45, 2.75) is 12.6 Å². The van der Waals surface area contributed by atoms with Crippen LogP contribution in [0, 0.1) is 0 Å². The van der Waals surface area contributed by atoms with E-state index in [0.29, 0.717) is 17.7 Å². The molecule has 0 bridgehead atoms. The highest BCUT2D eigenvalue weighted by Gasteiger charge is 2.23. The number of nitrogens with zero attached hydrogens (tertiary/aromatic N) is 3. The number of nitrogens with two attached hydrogens (primary N) is 1. The summed E-state index contributed by atoms with van der Waals surface area (Å²) >= 11 is 5.89. The van der Waals surface area contributed by atoms with E-state index in [2.05, 4.69) is 21.8 Å². The lowest BCUT2D eigenvalue weighted by atomic mass is 10.1. The Morgan fingerprint density at radius 1 is 1.53 bits per heavy atom. The van der Waals surface area contributed by atoms with Gasteiger partial charge in [0.05, 0.1) is 0 Å². The molecule has 1 aliphatic rings. The molecule has 5 heteroatoms. The molecule has 0 amide bonds. The molecule has 1 saturated heterocycles. The van der Waals surface area contributed by atoms with E-state index in [-0.39, 0.29) is 0 Å². The Morgan fingerprint density at radius 2 is 2.35 bits per heavy atom. The molecule has 1 unspecified atom stereocenters. The standard InChI is InChI=1S/C12H19ClN4/c1-16-4-5-17(11(7-14)9-16)8-10-2-3-15-12(13)6-10/h2-3,6,11H,4-5,7-9,14H2,1H3. The minimum atomic E-state index is 0.431. The average molecular weight is 255 g/mol. The normalized spacial score (nSPS) is 22.9. The molecule has 0 spiro atoms. The number of likely N-dealkylation sites (N-methyl/N-ethyl adjacent to an activating group) is 1. The summed E-state index contributed by atoms with van der Waals surface area (Å²) in [6.45, 7) is 4.78. The van der Waals surface area contributed by atoms with Crippen molar-refractivity contribution < 1.29 is 0 Å². The lowest BCUT2D eigenvalue weighted by Gasteiger charge is -2.39. The van der Waals surface area contributed by atoms with E-state index < -0.39 is 0 Å². The van der Waals surface area contributed by atoms with E-state index in [1.807, 2.05) is 12.1 Å². The number of rotatable bonds is 3. The fraction of sp³-hybridized carbons (Fsp3) is 0.583. The summed E-state index contributed by atoms with van der Waals surface area (Å²) in [6, 6.07) is 4.37. The molecular formula is C12H19ClN4. The van der Waals surface area contributed by atoms with Gasteiger partial charge in [-0.1, -0.05) is 11.6 Å². The highest BCUT2D eigenvalue weighted by Crippen LogP contribution is 2.14. The van der Waals surface area contributed by atoms with Crippen LogP contribution >= 0.6 is 11.6 Å². The van der Waals surface area contributed by atoms with Crippen molar-refractivity contribution in [2.24, 2.45) is 5.73 Å². The Kier molecular flexibility index (Phi) is 4.34. The topological polar surface area (TPSA) is 45.4 Å². The molecule has 1 aromatic heterocycles. The zero-order valence-electron chi connectivity index (χ0n) is 10.1. The van der Waals surface area contributed by atoms with E-state index in [9.17, 15) is 0 Å². The molecular weight excluding hydrogens is 236 g/mol. The molecule has 0 radical (unpaired) electrons. The first-order chi connectivity index (χ1) is 8.19. The highest BCUT2D eigenvalue weighted by atomic mass is 35.5. The average Bonchev–Trinajstić information content (AvgIpc) is 2.31. The SMILES string of the molecule is CN1CCN(Cc2ccnc(Cl)c2)C(CN)C1. The lowest BCUT2D eigenvalue weighted by molar-refractivity contribution is 0.0881. The fourth-order valence-corrected chi connectivity index (χ4v) is 2.45. The second-order valence-electron chi connectivity index (χ2n) is 4.61. The van der Waals surface area contributed by atoms with Crippen LogP contribution in [0.4, 0.5) is 0 Å². The first-order valence-corrected chi connectivity index (χ1v) is 6.30. The predicted molar refractivity (Wildman–Crippen MR) is 70.0 cm³/mol. The quantitative estimate of drug-likeness (QED) is 0.811. The molecule has 1 aliphatic heterocycles. The zero-order valence-corrected chi connectivity index (χ0v) is 10.9. The monoisotopic (exact) mass is 254 g/mol. The van der Waals surface area contributed by atoms with Crippen molar-refractivity contribution in [3.63, 3.8) is 0 Å². The number of aromatic nitrogens is 1. The summed E-state index contributed by atoms with van der Waals surface area (Å²) in [5, 5.41) is 0.556. The number of piperazine rings is 1. The number of hydrogen-bond donors (Lipinski definition) is 1. The fourth-order valence-electron chi connectivity index (χ4n) is 2.26. The van der Waals surface area contributed by atoms with Gasteiger partial charge in [-0.2, -0.15) is 0 Å². The zero-order chi connectivity index (χ0) is 12.3. The summed E-state index contributed by atoms with van der Waals surface area (Å²) in [5.41, 5.74) is 7.03. The van der Waals surface area contributed by atoms with Crippen molar-refractivity contribution in [3.8, 4) is 0 Å². The predicted octanol–water partition coefficient (Wildman–Crippen LogP) is 0.810. The van der Waals surface area contributed by atoms with Gasteiger partial charge in [0.1, 0.15) is 5.15 Å². The van der Waals surface area contributed by atoms with E-state index in [1.165, 1.54) is 5.56 Å². The van der Waals surface area contributed by atoms with Crippen LogP contribution in [0.1, 0.15) is 5.56 Å². The molecule has 1 fully saturated rings. The third-order valence-electron chi connectivity index (χ3n) is 3.26. The second-order valence-corrected chi connectivity index (χ2v) is 5.00. The molecule has 17 heavy (non-hydrogen) atoms. The van der Waals surface area contributed by atoms with Gasteiger partial charge in [-0.25, -0.2) is 4.98 Å². The Morgan fingerprint density at radius 3 is 3.06 bits per heavy atom. The van der Waals surface area contributed by atoms with Gasteiger partial charge in [0.25, 0.3) is 0 Å². The summed E-state index contributed by atoms with van der Waals surface area (Å²) in [4.78, 5) is 8.75. The molecule has 2 heterocycles. The maximum Gasteiger partial charge on any atom is 0.129 e. The van der Waals surface area contributed by atoms with Crippen LogP contribution in [0.3, 0.4) is 0 Å². The largest absolute Gasteiger partial charge is 0.329 e. The molecule has 0 aromatic carbocycles. The highest BCUT2D eigenvalue weighted by molar-refractivity contribution is 6.29. The Balaban J connectivity index is 2.02. The minimum absolute atomic E-state index is 0.431. The molecule has 1 aromatic rings. The minimum Gasteiger partial charge on any atom is -0.329 e. The van der Waals surface area contributed by atoms with Crippen LogP contribution in [0.15, 0.2) is 18.3 Å². The smallest absolute Gasteiger partial charge is 0.129 e. The molecule has 4 nitrogen and oxygen atoms in total. The van der Waals surface area contributed by atoms with Gasteiger partial charge in [-0.15, -0.1) is 0 Å². The Hall–Kier alpha value is -0.680. The van der Waals surface area contributed by atoms with Gasteiger partial charge in [-0.05, 0) is 24.7 Å². The molecule has 1 atom stereocenters. The van der Waals surface area contributed by atoms with Gasteiger partial charge in [0.2, 0.25) is 0 Å². The van der Waals surface area contributed by atoms with Crippen LogP contribution in [-0.2, 0) is 6.54 Å². The van der Waals surface area contributed by atoms with Crippen LogP contribution < -0.4 is 5.73 Å². The molecule has 2 rings (SSSR count). The second kappa shape index (κ2) is 5.78. The first kappa shape index (κ1) is 12.8. The van der Waals surface area contributed by atoms with Crippen molar-refractivity contribution >= 4 is 11.6 Å². The van der Waals surface area contributed by atoms with Crippen LogP contribution in [0.25, 0.3) is 0 Å². The van der Waals surface area contributed by atoms with E-state index in [0.717, 1.165) is 26.2 Å². The molecule has 0 aliphatic carbocycles. The Bertz CT molecular complexity index is 371. The first-order valence-electron chi connectivity index (χ1n) is 5.92. The van der Waals surface area contributed by atoms with E-state index in [4.69, 9.17) is 17.3 Å². The number of hydrogen-bond acceptors (Lipinski definition) is 4. The summed E-state index contributed by atoms with van der Waals surface area (Å²) in [6.07, 6.45) is 1.76. The van der Waals surface area contributed by atoms with Gasteiger partial charge < -0.3 is 10.6 Å². The van der Waals surface area contributed by atoms with Gasteiger partial charge >= 0.3 is 0 Å². The van der Waals surface area contributed by atoms with E-state index in [1.54, 1.807) is 6.20 Å². The van der Waals surface area contributed by atoms with Crippen molar-refractivity contribution in [1.29, 1.82) is 0 Å². The van der Waals surface area contributed by atoms with Crippen molar-refractivity contribution in [1.82, 2.24) is 14.8 Å². The van der Waals surface area contributed by atoms with Crippen molar-refractivity contribution in [3.05, 3.63) is 29.0 Å². The van der Waals surface area contributed by atoms with Gasteiger partial charge in [-0.3, -0.25) is 4.90 Å². The summed E-state index contributed by atoms with van der Waals surface area (Å²) in [7, 11) is 2.14. The lowest BCUT2D eigenvalue weighted by Crippen LogP contribution is -2.54. The maximum atomic E-state index is 5.89. The Labute approximate surface area is 107 Å². The van der Waals surface area contributed by atoms with E-state index >= 15 is 0 Å². The molecule has 0 saturated carbocycles. The molecule has 94 valence electrons. The third kappa shape index (κ3) is 3.39.